The van der Waals surface area contributed by atoms with Crippen molar-refractivity contribution in [1.82, 2.24) is 14.8 Å². The third-order valence-electron chi connectivity index (χ3n) is 4.28. The van der Waals surface area contributed by atoms with Crippen LogP contribution in [0, 0.1) is 5.82 Å². The zero-order valence-electron chi connectivity index (χ0n) is 15.1. The standard InChI is InChI=1S/C20H18FN3O3S/c1-13-11-17(19(25)27-13)28-20-23-22-18(24(20)14-7-3-2-4-8-14)12-26-16-10-6-5-9-15(16)21/h2-10,13,17H,11-12H2,1H3/t13-,17-/m0/s1. The molecule has 8 heteroatoms. The van der Waals surface area contributed by atoms with Crippen LogP contribution < -0.4 is 4.74 Å². The van der Waals surface area contributed by atoms with Crippen molar-refractivity contribution in [3.8, 4) is 11.4 Å². The van der Waals surface area contributed by atoms with Crippen LogP contribution in [-0.4, -0.2) is 32.1 Å². The number of carbonyl (C=O) groups is 1. The van der Waals surface area contributed by atoms with Crippen molar-refractivity contribution in [3.63, 3.8) is 0 Å². The lowest BCUT2D eigenvalue weighted by atomic mass is 10.3. The number of halogens is 1. The van der Waals surface area contributed by atoms with Crippen LogP contribution in [0.2, 0.25) is 0 Å². The Balaban J connectivity index is 1.62. The van der Waals surface area contributed by atoms with Gasteiger partial charge in [0.05, 0.1) is 0 Å². The highest BCUT2D eigenvalue weighted by Crippen LogP contribution is 2.33. The fourth-order valence-electron chi connectivity index (χ4n) is 2.95. The number of esters is 1. The fraction of sp³-hybridized carbons (Fsp3) is 0.250. The molecule has 1 aromatic heterocycles. The molecule has 0 amide bonds. The Bertz CT molecular complexity index is 980. The number of hydrogen-bond acceptors (Lipinski definition) is 6. The van der Waals surface area contributed by atoms with Crippen LogP contribution in [0.5, 0.6) is 5.75 Å². The van der Waals surface area contributed by atoms with E-state index in [4.69, 9.17) is 9.47 Å². The molecule has 0 unspecified atom stereocenters. The highest BCUT2D eigenvalue weighted by Gasteiger charge is 2.34. The van der Waals surface area contributed by atoms with Gasteiger partial charge in [0, 0.05) is 12.1 Å². The van der Waals surface area contributed by atoms with Gasteiger partial charge in [0.25, 0.3) is 0 Å². The van der Waals surface area contributed by atoms with Gasteiger partial charge in [-0.15, -0.1) is 10.2 Å². The quantitative estimate of drug-likeness (QED) is 0.588. The van der Waals surface area contributed by atoms with E-state index in [1.807, 2.05) is 41.8 Å². The van der Waals surface area contributed by atoms with E-state index < -0.39 is 5.82 Å². The average molecular weight is 399 g/mol. The van der Waals surface area contributed by atoms with Crippen LogP contribution >= 0.6 is 11.8 Å². The Labute approximate surface area is 165 Å². The first-order chi connectivity index (χ1) is 13.6. The Morgan fingerprint density at radius 3 is 2.64 bits per heavy atom. The van der Waals surface area contributed by atoms with Crippen LogP contribution in [0.4, 0.5) is 4.39 Å². The summed E-state index contributed by atoms with van der Waals surface area (Å²) in [6.07, 6.45) is 0.508. The number of benzene rings is 2. The molecule has 0 spiro atoms. The molecule has 0 radical (unpaired) electrons. The van der Waals surface area contributed by atoms with E-state index in [9.17, 15) is 9.18 Å². The second-order valence-corrected chi connectivity index (χ2v) is 7.55. The van der Waals surface area contributed by atoms with E-state index in [1.54, 1.807) is 18.2 Å². The molecule has 0 N–H and O–H groups in total. The number of hydrogen-bond donors (Lipinski definition) is 0. The molecule has 3 aromatic rings. The highest BCUT2D eigenvalue weighted by molar-refractivity contribution is 8.00. The summed E-state index contributed by atoms with van der Waals surface area (Å²) >= 11 is 1.32. The SMILES string of the molecule is C[C@H]1C[C@H](Sc2nnc(COc3ccccc3F)n2-c2ccccc2)C(=O)O1. The molecule has 4 rings (SSSR count). The first-order valence-corrected chi connectivity index (χ1v) is 9.74. The summed E-state index contributed by atoms with van der Waals surface area (Å²) in [5.41, 5.74) is 0.835. The molecule has 0 saturated carbocycles. The molecule has 0 aliphatic carbocycles. The number of rotatable bonds is 6. The summed E-state index contributed by atoms with van der Waals surface area (Å²) in [7, 11) is 0. The summed E-state index contributed by atoms with van der Waals surface area (Å²) in [5, 5.41) is 8.69. The molecule has 6 nitrogen and oxygen atoms in total. The van der Waals surface area contributed by atoms with Crippen LogP contribution in [0.25, 0.3) is 5.69 Å². The lowest BCUT2D eigenvalue weighted by Gasteiger charge is -2.12. The maximum Gasteiger partial charge on any atom is 0.319 e. The first-order valence-electron chi connectivity index (χ1n) is 8.86. The molecule has 2 aromatic carbocycles. The van der Waals surface area contributed by atoms with Crippen molar-refractivity contribution in [1.29, 1.82) is 0 Å². The molecule has 2 atom stereocenters. The third-order valence-corrected chi connectivity index (χ3v) is 5.43. The number of para-hydroxylation sites is 2. The second kappa shape index (κ2) is 8.02. The highest BCUT2D eigenvalue weighted by atomic mass is 32.2. The van der Waals surface area contributed by atoms with E-state index >= 15 is 0 Å². The molecular weight excluding hydrogens is 381 g/mol. The minimum absolute atomic E-state index is 0.0366. The van der Waals surface area contributed by atoms with Crippen molar-refractivity contribution < 1.29 is 18.7 Å². The van der Waals surface area contributed by atoms with Gasteiger partial charge in [0.2, 0.25) is 0 Å². The number of thioether (sulfide) groups is 1. The van der Waals surface area contributed by atoms with Gasteiger partial charge in [-0.05, 0) is 31.2 Å². The van der Waals surface area contributed by atoms with Crippen molar-refractivity contribution in [2.24, 2.45) is 0 Å². The minimum Gasteiger partial charge on any atom is -0.483 e. The third kappa shape index (κ3) is 3.87. The normalized spacial score (nSPS) is 18.9. The van der Waals surface area contributed by atoms with Crippen LogP contribution in [0.3, 0.4) is 0 Å². The van der Waals surface area contributed by atoms with Crippen molar-refractivity contribution >= 4 is 17.7 Å². The van der Waals surface area contributed by atoms with Crippen molar-refractivity contribution in [2.75, 3.05) is 0 Å². The van der Waals surface area contributed by atoms with Gasteiger partial charge in [-0.1, -0.05) is 42.1 Å². The number of cyclic esters (lactones) is 1. The average Bonchev–Trinajstić information content (AvgIpc) is 3.24. The Kier molecular flexibility index (Phi) is 5.29. The lowest BCUT2D eigenvalue weighted by molar-refractivity contribution is -0.140. The van der Waals surface area contributed by atoms with E-state index in [1.165, 1.54) is 17.8 Å². The summed E-state index contributed by atoms with van der Waals surface area (Å²) in [5.74, 6) is -0.0290. The largest absolute Gasteiger partial charge is 0.483 e. The van der Waals surface area contributed by atoms with E-state index in [-0.39, 0.29) is 29.7 Å². The fourth-order valence-corrected chi connectivity index (χ4v) is 4.13. The van der Waals surface area contributed by atoms with Crippen molar-refractivity contribution in [3.05, 3.63) is 66.2 Å². The summed E-state index contributed by atoms with van der Waals surface area (Å²) in [6, 6.07) is 15.7. The Hall–Kier alpha value is -2.87. The molecule has 0 bridgehead atoms. The van der Waals surface area contributed by atoms with Gasteiger partial charge in [-0.3, -0.25) is 9.36 Å². The van der Waals surface area contributed by atoms with Crippen molar-refractivity contribution in [2.45, 2.75) is 36.5 Å². The molecule has 2 heterocycles. The number of aromatic nitrogens is 3. The van der Waals surface area contributed by atoms with E-state index in [0.29, 0.717) is 17.4 Å². The van der Waals surface area contributed by atoms with Crippen LogP contribution in [0.1, 0.15) is 19.2 Å². The summed E-state index contributed by atoms with van der Waals surface area (Å²) < 4.78 is 26.5. The number of carbonyl (C=O) groups excluding carboxylic acids is 1. The van der Waals surface area contributed by atoms with Gasteiger partial charge >= 0.3 is 5.97 Å². The van der Waals surface area contributed by atoms with E-state index in [2.05, 4.69) is 10.2 Å². The molecular formula is C20H18FN3O3S. The van der Waals surface area contributed by atoms with E-state index in [0.717, 1.165) is 5.69 Å². The number of nitrogens with zero attached hydrogens (tertiary/aromatic N) is 3. The predicted molar refractivity (Wildman–Crippen MR) is 102 cm³/mol. The molecule has 1 saturated heterocycles. The number of ether oxygens (including phenoxy) is 2. The monoisotopic (exact) mass is 399 g/mol. The molecule has 1 aliphatic rings. The topological polar surface area (TPSA) is 66.2 Å². The van der Waals surface area contributed by atoms with Crippen LogP contribution in [0.15, 0.2) is 59.8 Å². The molecule has 28 heavy (non-hydrogen) atoms. The Morgan fingerprint density at radius 1 is 1.18 bits per heavy atom. The molecule has 1 fully saturated rings. The lowest BCUT2D eigenvalue weighted by Crippen LogP contribution is -2.12. The minimum atomic E-state index is -0.439. The Morgan fingerprint density at radius 2 is 1.93 bits per heavy atom. The maximum atomic E-state index is 13.8. The maximum absolute atomic E-state index is 13.8. The van der Waals surface area contributed by atoms with Gasteiger partial charge in [-0.25, -0.2) is 4.39 Å². The summed E-state index contributed by atoms with van der Waals surface area (Å²) in [6.45, 7) is 1.91. The first kappa shape index (κ1) is 18.5. The zero-order chi connectivity index (χ0) is 19.5. The molecule has 1 aliphatic heterocycles. The van der Waals surface area contributed by atoms with Gasteiger partial charge in [0.1, 0.15) is 18.0 Å². The van der Waals surface area contributed by atoms with Crippen LogP contribution in [-0.2, 0) is 16.1 Å². The smallest absolute Gasteiger partial charge is 0.319 e. The van der Waals surface area contributed by atoms with Gasteiger partial charge in [-0.2, -0.15) is 0 Å². The van der Waals surface area contributed by atoms with Gasteiger partial charge < -0.3 is 9.47 Å². The second-order valence-electron chi connectivity index (χ2n) is 6.38. The zero-order valence-corrected chi connectivity index (χ0v) is 15.9. The summed E-state index contributed by atoms with van der Waals surface area (Å²) in [4.78, 5) is 12.0. The molecule has 144 valence electrons. The predicted octanol–water partition coefficient (Wildman–Crippen LogP) is 3.78. The van der Waals surface area contributed by atoms with Gasteiger partial charge in [0.15, 0.2) is 22.5 Å².